The van der Waals surface area contributed by atoms with E-state index in [-0.39, 0.29) is 5.82 Å². The number of nitrogen functional groups attached to an aromatic ring is 1. The lowest BCUT2D eigenvalue weighted by molar-refractivity contribution is 0.620. The van der Waals surface area contributed by atoms with Crippen LogP contribution in [-0.4, -0.2) is 0 Å². The Morgan fingerprint density at radius 3 is 2.32 bits per heavy atom. The maximum Gasteiger partial charge on any atom is 0.137 e. The summed E-state index contributed by atoms with van der Waals surface area (Å²) in [5, 5.41) is 3.28. The van der Waals surface area contributed by atoms with Gasteiger partial charge in [-0.2, -0.15) is 0 Å². The standard InChI is InChI=1S/C14H13Br2FN2/c1-7-4-14(10(16)5-12(7)18)19-13-6-9(15)11(17)3-8(13)2/h3-6,19H,18H2,1-2H3. The van der Waals surface area contributed by atoms with Gasteiger partial charge in [0.25, 0.3) is 0 Å². The molecular weight excluding hydrogens is 375 g/mol. The summed E-state index contributed by atoms with van der Waals surface area (Å²) in [4.78, 5) is 0. The van der Waals surface area contributed by atoms with Crippen LogP contribution in [0.5, 0.6) is 0 Å². The van der Waals surface area contributed by atoms with E-state index in [4.69, 9.17) is 5.73 Å². The number of aryl methyl sites for hydroxylation is 2. The lowest BCUT2D eigenvalue weighted by Gasteiger charge is -2.14. The highest BCUT2D eigenvalue weighted by molar-refractivity contribution is 9.10. The predicted octanol–water partition coefficient (Wildman–Crippen LogP) is 5.29. The van der Waals surface area contributed by atoms with Crippen molar-refractivity contribution in [2.24, 2.45) is 0 Å². The quantitative estimate of drug-likeness (QED) is 0.686. The second kappa shape index (κ2) is 5.51. The Labute approximate surface area is 128 Å². The molecule has 5 heteroatoms. The van der Waals surface area contributed by atoms with Gasteiger partial charge in [0.2, 0.25) is 0 Å². The zero-order valence-electron chi connectivity index (χ0n) is 10.5. The van der Waals surface area contributed by atoms with Crippen LogP contribution in [0, 0.1) is 19.7 Å². The summed E-state index contributed by atoms with van der Waals surface area (Å²) >= 11 is 6.66. The van der Waals surface area contributed by atoms with Gasteiger partial charge in [0.05, 0.1) is 10.2 Å². The molecule has 0 heterocycles. The fourth-order valence-corrected chi connectivity index (χ4v) is 2.52. The Kier molecular flexibility index (Phi) is 4.16. The normalized spacial score (nSPS) is 10.6. The van der Waals surface area contributed by atoms with Crippen LogP contribution in [0.2, 0.25) is 0 Å². The van der Waals surface area contributed by atoms with Crippen LogP contribution < -0.4 is 11.1 Å². The largest absolute Gasteiger partial charge is 0.398 e. The first-order valence-corrected chi connectivity index (χ1v) is 7.25. The van der Waals surface area contributed by atoms with E-state index in [9.17, 15) is 4.39 Å². The lowest BCUT2D eigenvalue weighted by atomic mass is 10.1. The van der Waals surface area contributed by atoms with Crippen LogP contribution >= 0.6 is 31.9 Å². The molecule has 2 aromatic rings. The van der Waals surface area contributed by atoms with Gasteiger partial charge in [0.1, 0.15) is 5.82 Å². The van der Waals surface area contributed by atoms with Crippen LogP contribution in [0.4, 0.5) is 21.5 Å². The summed E-state index contributed by atoms with van der Waals surface area (Å²) in [6.07, 6.45) is 0. The van der Waals surface area contributed by atoms with Crippen molar-refractivity contribution in [3.63, 3.8) is 0 Å². The highest BCUT2D eigenvalue weighted by atomic mass is 79.9. The number of nitrogens with one attached hydrogen (secondary N) is 1. The SMILES string of the molecule is Cc1cc(Nc2cc(Br)c(F)cc2C)c(Br)cc1N. The van der Waals surface area contributed by atoms with Crippen molar-refractivity contribution < 1.29 is 4.39 Å². The highest BCUT2D eigenvalue weighted by Gasteiger charge is 2.08. The molecule has 0 bridgehead atoms. The maximum absolute atomic E-state index is 13.4. The Balaban J connectivity index is 2.42. The van der Waals surface area contributed by atoms with E-state index in [1.807, 2.05) is 26.0 Å². The number of hydrogen-bond donors (Lipinski definition) is 2. The molecular formula is C14H13Br2FN2. The average Bonchev–Trinajstić information content (AvgIpc) is 2.32. The molecule has 0 unspecified atom stereocenters. The van der Waals surface area contributed by atoms with Gasteiger partial charge in [0.15, 0.2) is 0 Å². The van der Waals surface area contributed by atoms with Crippen molar-refractivity contribution in [1.29, 1.82) is 0 Å². The molecule has 2 rings (SSSR count). The lowest BCUT2D eigenvalue weighted by Crippen LogP contribution is -1.98. The van der Waals surface area contributed by atoms with Gasteiger partial charge in [-0.25, -0.2) is 4.39 Å². The van der Waals surface area contributed by atoms with Crippen LogP contribution in [0.1, 0.15) is 11.1 Å². The fraction of sp³-hybridized carbons (Fsp3) is 0.143. The van der Waals surface area contributed by atoms with E-state index in [1.165, 1.54) is 6.07 Å². The molecule has 2 nitrogen and oxygen atoms in total. The number of hydrogen-bond acceptors (Lipinski definition) is 2. The van der Waals surface area contributed by atoms with Gasteiger partial charge in [-0.15, -0.1) is 0 Å². The molecule has 3 N–H and O–H groups in total. The third-order valence-corrected chi connectivity index (χ3v) is 4.16. The zero-order valence-corrected chi connectivity index (χ0v) is 13.7. The molecule has 0 saturated carbocycles. The molecule has 0 atom stereocenters. The minimum absolute atomic E-state index is 0.268. The van der Waals surface area contributed by atoms with Gasteiger partial charge in [-0.3, -0.25) is 0 Å². The van der Waals surface area contributed by atoms with Crippen LogP contribution in [0.15, 0.2) is 33.2 Å². The summed E-state index contributed by atoms with van der Waals surface area (Å²) in [6.45, 7) is 3.80. The highest BCUT2D eigenvalue weighted by Crippen LogP contribution is 2.33. The molecule has 0 spiro atoms. The first-order valence-electron chi connectivity index (χ1n) is 5.67. The van der Waals surface area contributed by atoms with E-state index in [0.717, 1.165) is 32.7 Å². The second-order valence-corrected chi connectivity index (χ2v) is 6.10. The van der Waals surface area contributed by atoms with E-state index < -0.39 is 0 Å². The molecule has 2 aromatic carbocycles. The van der Waals surface area contributed by atoms with E-state index in [2.05, 4.69) is 37.2 Å². The topological polar surface area (TPSA) is 38.0 Å². The van der Waals surface area contributed by atoms with Crippen molar-refractivity contribution in [3.05, 3.63) is 50.2 Å². The molecule has 0 aliphatic carbocycles. The molecule has 0 amide bonds. The summed E-state index contributed by atoms with van der Waals surface area (Å²) in [6, 6.07) is 7.02. The molecule has 0 saturated heterocycles. The van der Waals surface area contributed by atoms with Crippen LogP contribution in [0.3, 0.4) is 0 Å². The third kappa shape index (κ3) is 3.09. The molecule has 100 valence electrons. The minimum atomic E-state index is -0.268. The van der Waals surface area contributed by atoms with Crippen molar-refractivity contribution in [1.82, 2.24) is 0 Å². The Morgan fingerprint density at radius 2 is 1.63 bits per heavy atom. The minimum Gasteiger partial charge on any atom is -0.398 e. The van der Waals surface area contributed by atoms with Gasteiger partial charge in [0, 0.05) is 15.8 Å². The summed E-state index contributed by atoms with van der Waals surface area (Å²) in [5.74, 6) is -0.268. The smallest absolute Gasteiger partial charge is 0.137 e. The fourth-order valence-electron chi connectivity index (χ4n) is 1.72. The predicted molar refractivity (Wildman–Crippen MR) is 85.4 cm³/mol. The Morgan fingerprint density at radius 1 is 0.947 bits per heavy atom. The second-order valence-electron chi connectivity index (χ2n) is 4.39. The molecule has 19 heavy (non-hydrogen) atoms. The van der Waals surface area contributed by atoms with Crippen LogP contribution in [0.25, 0.3) is 0 Å². The van der Waals surface area contributed by atoms with E-state index in [0.29, 0.717) is 4.47 Å². The van der Waals surface area contributed by atoms with Gasteiger partial charge < -0.3 is 11.1 Å². The van der Waals surface area contributed by atoms with Crippen LogP contribution in [-0.2, 0) is 0 Å². The first kappa shape index (κ1) is 14.3. The van der Waals surface area contributed by atoms with Crippen molar-refractivity contribution >= 4 is 48.9 Å². The molecule has 0 aliphatic heterocycles. The van der Waals surface area contributed by atoms with Gasteiger partial charge in [-0.1, -0.05) is 0 Å². The van der Waals surface area contributed by atoms with Crippen molar-refractivity contribution in [2.75, 3.05) is 11.1 Å². The molecule has 0 fully saturated rings. The molecule has 0 aromatic heterocycles. The number of anilines is 3. The number of benzene rings is 2. The van der Waals surface area contributed by atoms with Gasteiger partial charge in [-0.05, 0) is 81.1 Å². The number of rotatable bonds is 2. The third-order valence-electron chi connectivity index (χ3n) is 2.89. The van der Waals surface area contributed by atoms with E-state index in [1.54, 1.807) is 6.07 Å². The number of nitrogens with two attached hydrogens (primary N) is 1. The summed E-state index contributed by atoms with van der Waals surface area (Å²) in [7, 11) is 0. The Hall–Kier alpha value is -1.07. The zero-order chi connectivity index (χ0) is 14.2. The monoisotopic (exact) mass is 386 g/mol. The maximum atomic E-state index is 13.4. The molecule has 0 radical (unpaired) electrons. The van der Waals surface area contributed by atoms with Gasteiger partial charge >= 0.3 is 0 Å². The van der Waals surface area contributed by atoms with Crippen molar-refractivity contribution in [2.45, 2.75) is 13.8 Å². The molecule has 0 aliphatic rings. The average molecular weight is 388 g/mol. The first-order chi connectivity index (χ1) is 8.88. The summed E-state index contributed by atoms with van der Waals surface area (Å²) in [5.41, 5.74) is 10.1. The number of halogens is 3. The Bertz CT molecular complexity index is 586. The summed E-state index contributed by atoms with van der Waals surface area (Å²) < 4.78 is 14.7. The van der Waals surface area contributed by atoms with E-state index >= 15 is 0 Å². The van der Waals surface area contributed by atoms with Crippen molar-refractivity contribution in [3.8, 4) is 0 Å².